The summed E-state index contributed by atoms with van der Waals surface area (Å²) in [5.74, 6) is 0.0862. The molecule has 9 heteroatoms. The minimum absolute atomic E-state index is 0.195. The van der Waals surface area contributed by atoms with Crippen molar-refractivity contribution in [2.45, 2.75) is 35.1 Å². The van der Waals surface area contributed by atoms with Crippen molar-refractivity contribution in [2.24, 2.45) is 0 Å². The summed E-state index contributed by atoms with van der Waals surface area (Å²) >= 11 is 1.37. The Balaban J connectivity index is 1.68. The van der Waals surface area contributed by atoms with Crippen molar-refractivity contribution in [3.63, 3.8) is 0 Å². The number of hydrogen-bond donors (Lipinski definition) is 2. The molecule has 1 fully saturated rings. The van der Waals surface area contributed by atoms with E-state index in [-0.39, 0.29) is 10.8 Å². The van der Waals surface area contributed by atoms with Crippen LogP contribution >= 0.6 is 11.8 Å². The van der Waals surface area contributed by atoms with Gasteiger partial charge in [-0.2, -0.15) is 5.26 Å². The van der Waals surface area contributed by atoms with E-state index < -0.39 is 10.0 Å². The highest BCUT2D eigenvalue weighted by Crippen LogP contribution is 2.40. The number of carbonyl (C=O) groups excluding carboxylic acids is 1. The Kier molecular flexibility index (Phi) is 6.57. The van der Waals surface area contributed by atoms with Crippen LogP contribution in [-0.4, -0.2) is 39.2 Å². The van der Waals surface area contributed by atoms with Crippen LogP contribution in [0.4, 0.5) is 0 Å². The molecule has 0 bridgehead atoms. The predicted molar refractivity (Wildman–Crippen MR) is 111 cm³/mol. The zero-order valence-electron chi connectivity index (χ0n) is 16.2. The second-order valence-electron chi connectivity index (χ2n) is 6.72. The Hall–Kier alpha value is -2.41. The van der Waals surface area contributed by atoms with Gasteiger partial charge >= 0.3 is 0 Å². The van der Waals surface area contributed by atoms with E-state index in [0.29, 0.717) is 35.0 Å². The largest absolute Gasteiger partial charge is 0.352 e. The highest BCUT2D eigenvalue weighted by molar-refractivity contribution is 7.98. The molecular formula is C20H22N4O3S2. The number of benzene rings is 1. The fourth-order valence-electron chi connectivity index (χ4n) is 2.93. The lowest BCUT2D eigenvalue weighted by atomic mass is 10.1. The highest BCUT2D eigenvalue weighted by Gasteiger charge is 2.28. The number of amides is 1. The van der Waals surface area contributed by atoms with E-state index in [9.17, 15) is 18.5 Å². The van der Waals surface area contributed by atoms with Gasteiger partial charge < -0.3 is 5.32 Å². The van der Waals surface area contributed by atoms with Crippen LogP contribution in [0.1, 0.15) is 45.9 Å². The number of nitriles is 1. The van der Waals surface area contributed by atoms with Crippen LogP contribution in [0.3, 0.4) is 0 Å². The summed E-state index contributed by atoms with van der Waals surface area (Å²) in [6, 6.07) is 10.4. The molecule has 1 aliphatic carbocycles. The third-order valence-electron chi connectivity index (χ3n) is 4.75. The molecule has 29 heavy (non-hydrogen) atoms. The first-order valence-electron chi connectivity index (χ1n) is 9.19. The molecule has 1 saturated carbocycles. The van der Waals surface area contributed by atoms with Crippen molar-refractivity contribution in [3.8, 4) is 6.07 Å². The first-order valence-corrected chi connectivity index (χ1v) is 11.9. The average Bonchev–Trinajstić information content (AvgIpc) is 3.58. The molecule has 0 atom stereocenters. The van der Waals surface area contributed by atoms with E-state index in [0.717, 1.165) is 24.1 Å². The number of nitrogens with zero attached hydrogens (tertiary/aromatic N) is 2. The SMILES string of the molecule is CNS(=O)(=O)c1ccc(CCNC(=O)c2cc(C3CC3)nc(SC)c2C#N)cc1. The van der Waals surface area contributed by atoms with Crippen molar-refractivity contribution < 1.29 is 13.2 Å². The third kappa shape index (κ3) is 4.96. The van der Waals surface area contributed by atoms with E-state index >= 15 is 0 Å². The van der Waals surface area contributed by atoms with Gasteiger partial charge in [0, 0.05) is 18.2 Å². The zero-order valence-corrected chi connectivity index (χ0v) is 17.9. The van der Waals surface area contributed by atoms with Gasteiger partial charge in [-0.15, -0.1) is 11.8 Å². The maximum Gasteiger partial charge on any atom is 0.252 e. The van der Waals surface area contributed by atoms with Crippen LogP contribution in [0.25, 0.3) is 0 Å². The molecule has 0 spiro atoms. The van der Waals surface area contributed by atoms with Crippen LogP contribution in [-0.2, 0) is 16.4 Å². The van der Waals surface area contributed by atoms with Crippen molar-refractivity contribution in [1.82, 2.24) is 15.0 Å². The smallest absolute Gasteiger partial charge is 0.252 e. The number of sulfonamides is 1. The van der Waals surface area contributed by atoms with Crippen molar-refractivity contribution in [2.75, 3.05) is 19.8 Å². The molecule has 1 amide bonds. The number of nitrogens with one attached hydrogen (secondary N) is 2. The van der Waals surface area contributed by atoms with Crippen LogP contribution in [0.2, 0.25) is 0 Å². The number of thioether (sulfide) groups is 1. The quantitative estimate of drug-likeness (QED) is 0.622. The summed E-state index contributed by atoms with van der Waals surface area (Å²) in [7, 11) is -2.10. The normalized spacial score (nSPS) is 13.7. The number of rotatable bonds is 8. The van der Waals surface area contributed by atoms with Crippen molar-refractivity contribution in [1.29, 1.82) is 5.26 Å². The molecule has 152 valence electrons. The van der Waals surface area contributed by atoms with Gasteiger partial charge in [-0.3, -0.25) is 4.79 Å². The number of hydrogen-bond acceptors (Lipinski definition) is 6. The third-order valence-corrected chi connectivity index (χ3v) is 6.87. The summed E-state index contributed by atoms with van der Waals surface area (Å²) in [6.45, 7) is 0.373. The van der Waals surface area contributed by atoms with Crippen LogP contribution in [0.5, 0.6) is 0 Å². The molecule has 0 unspecified atom stereocenters. The zero-order chi connectivity index (χ0) is 21.0. The second kappa shape index (κ2) is 8.95. The Labute approximate surface area is 175 Å². The minimum Gasteiger partial charge on any atom is -0.352 e. The lowest BCUT2D eigenvalue weighted by Gasteiger charge is -2.11. The summed E-state index contributed by atoms with van der Waals surface area (Å²) in [4.78, 5) is 17.4. The van der Waals surface area contributed by atoms with E-state index in [2.05, 4.69) is 21.1 Å². The molecule has 3 rings (SSSR count). The first kappa shape index (κ1) is 21.3. The molecule has 1 aromatic heterocycles. The maximum atomic E-state index is 12.7. The molecule has 0 radical (unpaired) electrons. The Morgan fingerprint density at radius 3 is 2.55 bits per heavy atom. The lowest BCUT2D eigenvalue weighted by molar-refractivity contribution is 0.0953. The maximum absolute atomic E-state index is 12.7. The fraction of sp³-hybridized carbons (Fsp3) is 0.350. The Bertz CT molecular complexity index is 1060. The summed E-state index contributed by atoms with van der Waals surface area (Å²) < 4.78 is 25.8. The summed E-state index contributed by atoms with van der Waals surface area (Å²) in [6.07, 6.45) is 4.52. The topological polar surface area (TPSA) is 112 Å². The number of carbonyl (C=O) groups is 1. The van der Waals surface area contributed by atoms with Crippen LogP contribution < -0.4 is 10.0 Å². The van der Waals surface area contributed by atoms with E-state index in [1.165, 1.54) is 30.9 Å². The van der Waals surface area contributed by atoms with Gasteiger partial charge in [0.15, 0.2) is 0 Å². The number of aromatic nitrogens is 1. The standard InChI is InChI=1S/C20H22N4O3S2/c1-22-29(26,27)15-7-3-13(4-8-15)9-10-23-19(25)16-11-18(14-5-6-14)24-20(28-2)17(16)12-21/h3-4,7-8,11,14,22H,5-6,9-10H2,1-2H3,(H,23,25). The molecule has 0 aliphatic heterocycles. The van der Waals surface area contributed by atoms with Gasteiger partial charge in [-0.05, 0) is 56.3 Å². The lowest BCUT2D eigenvalue weighted by Crippen LogP contribution is -2.27. The molecule has 1 aromatic carbocycles. The molecule has 7 nitrogen and oxygen atoms in total. The first-order chi connectivity index (χ1) is 13.9. The highest BCUT2D eigenvalue weighted by atomic mass is 32.2. The fourth-order valence-corrected chi connectivity index (χ4v) is 4.22. The van der Waals surface area contributed by atoms with Gasteiger partial charge in [-0.1, -0.05) is 12.1 Å². The summed E-state index contributed by atoms with van der Waals surface area (Å²) in [5, 5.41) is 12.9. The monoisotopic (exact) mass is 430 g/mol. The Morgan fingerprint density at radius 2 is 2.00 bits per heavy atom. The molecule has 2 N–H and O–H groups in total. The van der Waals surface area contributed by atoms with Gasteiger partial charge in [0.1, 0.15) is 11.1 Å². The molecule has 1 aliphatic rings. The van der Waals surface area contributed by atoms with Gasteiger partial charge in [0.2, 0.25) is 10.0 Å². The van der Waals surface area contributed by atoms with Gasteiger partial charge in [-0.25, -0.2) is 18.1 Å². The van der Waals surface area contributed by atoms with Crippen molar-refractivity contribution >= 4 is 27.7 Å². The second-order valence-corrected chi connectivity index (χ2v) is 9.40. The molecule has 0 saturated heterocycles. The van der Waals surface area contributed by atoms with E-state index in [4.69, 9.17) is 0 Å². The van der Waals surface area contributed by atoms with E-state index in [1.54, 1.807) is 18.2 Å². The molecular weight excluding hydrogens is 408 g/mol. The molecule has 2 aromatic rings. The Morgan fingerprint density at radius 1 is 1.31 bits per heavy atom. The van der Waals surface area contributed by atoms with E-state index in [1.807, 2.05) is 6.26 Å². The van der Waals surface area contributed by atoms with Crippen molar-refractivity contribution in [3.05, 3.63) is 52.7 Å². The number of pyridine rings is 1. The minimum atomic E-state index is -3.46. The summed E-state index contributed by atoms with van der Waals surface area (Å²) in [5.41, 5.74) is 2.45. The predicted octanol–water partition coefficient (Wildman–Crippen LogP) is 2.43. The van der Waals surface area contributed by atoms with Crippen LogP contribution in [0, 0.1) is 11.3 Å². The van der Waals surface area contributed by atoms with Gasteiger partial charge in [0.05, 0.1) is 16.0 Å². The molecule has 1 heterocycles. The van der Waals surface area contributed by atoms with Gasteiger partial charge in [0.25, 0.3) is 5.91 Å². The van der Waals surface area contributed by atoms with Crippen LogP contribution in [0.15, 0.2) is 40.3 Å². The average molecular weight is 431 g/mol.